The van der Waals surface area contributed by atoms with Gasteiger partial charge in [0.15, 0.2) is 0 Å². The molecule has 1 heterocycles. The minimum atomic E-state index is -4.03. The van der Waals surface area contributed by atoms with Crippen LogP contribution in [-0.4, -0.2) is 95.2 Å². The lowest BCUT2D eigenvalue weighted by atomic mass is 10.1. The first-order chi connectivity index (χ1) is 16.5. The van der Waals surface area contributed by atoms with E-state index in [1.807, 2.05) is 0 Å². The first-order valence-electron chi connectivity index (χ1n) is 11.4. The lowest BCUT2D eigenvalue weighted by Gasteiger charge is -2.27. The highest BCUT2D eigenvalue weighted by atomic mass is 31.2. The molecule has 1 aliphatic heterocycles. The Hall–Kier alpha value is -1.69. The molecule has 0 aliphatic carbocycles. The second-order valence-corrected chi connectivity index (χ2v) is 13.8. The van der Waals surface area contributed by atoms with Gasteiger partial charge >= 0.3 is 5.97 Å². The second-order valence-electron chi connectivity index (χ2n) is 8.72. The van der Waals surface area contributed by atoms with Crippen LogP contribution in [0.4, 0.5) is 5.69 Å². The summed E-state index contributed by atoms with van der Waals surface area (Å²) in [7, 11) is -8.04. The summed E-state index contributed by atoms with van der Waals surface area (Å²) in [5.74, 6) is -2.27. The van der Waals surface area contributed by atoms with Crippen molar-refractivity contribution in [1.29, 1.82) is 0 Å². The lowest BCUT2D eigenvalue weighted by Crippen LogP contribution is -2.42. The predicted octanol–water partition coefficient (Wildman–Crippen LogP) is 0.726. The van der Waals surface area contributed by atoms with Crippen LogP contribution in [0.1, 0.15) is 12.0 Å². The summed E-state index contributed by atoms with van der Waals surface area (Å²) < 4.78 is 25.6. The van der Waals surface area contributed by atoms with Gasteiger partial charge in [0.1, 0.15) is 5.90 Å². The van der Waals surface area contributed by atoms with Gasteiger partial charge in [-0.25, -0.2) is 0 Å². The summed E-state index contributed by atoms with van der Waals surface area (Å²) in [6.45, 7) is 3.81. The molecule has 2 rings (SSSR count). The molecule has 3 atom stereocenters. The molecule has 1 aliphatic rings. The molecule has 0 saturated carbocycles. The van der Waals surface area contributed by atoms with E-state index in [9.17, 15) is 38.9 Å². The first-order valence-corrected chi connectivity index (χ1v) is 15.5. The molecule has 0 radical (unpaired) electrons. The molecular weight excluding hydrogens is 500 g/mol. The van der Waals surface area contributed by atoms with E-state index in [-0.39, 0.29) is 24.7 Å². The standard InChI is InChI=1S/C20H35N5O8P2/c26-20(27)18-12-22-8-7-21-6-1-10-24(11-9-23-13-18)15-35(32,33)16-34(30,31)14-17-2-4-19(5-3-17)25(28)29/h2-5,18,21-23H,1,6-16H2,(H,26,27)(H,30,31)(H,32,33). The van der Waals surface area contributed by atoms with Gasteiger partial charge in [0, 0.05) is 51.4 Å². The van der Waals surface area contributed by atoms with E-state index in [0.717, 1.165) is 0 Å². The molecule has 35 heavy (non-hydrogen) atoms. The molecule has 0 amide bonds. The van der Waals surface area contributed by atoms with Gasteiger partial charge < -0.3 is 30.8 Å². The van der Waals surface area contributed by atoms with Gasteiger partial charge in [-0.3, -0.25) is 28.9 Å². The van der Waals surface area contributed by atoms with E-state index in [0.29, 0.717) is 57.8 Å². The topological polar surface area (TPSA) is 194 Å². The Labute approximate surface area is 204 Å². The SMILES string of the molecule is O=C(O)C1CNCCNCCCN(CP(=O)(O)CP(=O)(O)Cc2ccc([N+](=O)[O-])cc2)CCNC1. The molecule has 198 valence electrons. The normalized spacial score (nSPS) is 22.9. The van der Waals surface area contributed by atoms with Gasteiger partial charge in [-0.15, -0.1) is 0 Å². The number of rotatable bonds is 8. The van der Waals surface area contributed by atoms with Gasteiger partial charge in [0.05, 0.1) is 23.3 Å². The van der Waals surface area contributed by atoms with Crippen molar-refractivity contribution < 1.29 is 33.7 Å². The lowest BCUT2D eigenvalue weighted by molar-refractivity contribution is -0.384. The van der Waals surface area contributed by atoms with Gasteiger partial charge in [-0.1, -0.05) is 12.1 Å². The third-order valence-electron chi connectivity index (χ3n) is 5.48. The molecule has 1 aromatic rings. The third kappa shape index (κ3) is 11.7. The summed E-state index contributed by atoms with van der Waals surface area (Å²) in [4.78, 5) is 44.3. The Kier molecular flexibility index (Phi) is 11.9. The molecule has 0 aromatic heterocycles. The zero-order valence-electron chi connectivity index (χ0n) is 19.5. The van der Waals surface area contributed by atoms with Gasteiger partial charge in [0.2, 0.25) is 14.7 Å². The summed E-state index contributed by atoms with van der Waals surface area (Å²) in [6.07, 6.45) is 0.0897. The van der Waals surface area contributed by atoms with Crippen LogP contribution in [0.2, 0.25) is 0 Å². The fourth-order valence-electron chi connectivity index (χ4n) is 3.78. The minimum absolute atomic E-state index is 0.148. The van der Waals surface area contributed by atoms with Crippen molar-refractivity contribution in [3.63, 3.8) is 0 Å². The minimum Gasteiger partial charge on any atom is -0.481 e. The zero-order valence-corrected chi connectivity index (χ0v) is 21.3. The van der Waals surface area contributed by atoms with Crippen molar-refractivity contribution in [2.45, 2.75) is 12.6 Å². The number of nitro groups is 1. The molecular formula is C20H35N5O8P2. The number of aliphatic carboxylic acids is 1. The van der Waals surface area contributed by atoms with Crippen molar-refractivity contribution in [2.75, 3.05) is 64.5 Å². The highest BCUT2D eigenvalue weighted by Crippen LogP contribution is 2.58. The van der Waals surface area contributed by atoms with Crippen molar-refractivity contribution in [1.82, 2.24) is 20.9 Å². The summed E-state index contributed by atoms with van der Waals surface area (Å²) in [5, 5.41) is 29.5. The molecule has 3 unspecified atom stereocenters. The van der Waals surface area contributed by atoms with E-state index < -0.39 is 37.5 Å². The molecule has 6 N–H and O–H groups in total. The number of carbonyl (C=O) groups is 1. The summed E-state index contributed by atoms with van der Waals surface area (Å²) in [5.41, 5.74) is 0.225. The Morgan fingerprint density at radius 2 is 1.63 bits per heavy atom. The van der Waals surface area contributed by atoms with E-state index in [1.165, 1.54) is 24.3 Å². The van der Waals surface area contributed by atoms with E-state index in [1.54, 1.807) is 4.90 Å². The van der Waals surface area contributed by atoms with Gasteiger partial charge in [-0.05, 0) is 25.1 Å². The fraction of sp³-hybridized carbons (Fsp3) is 0.650. The van der Waals surface area contributed by atoms with Crippen molar-refractivity contribution >= 4 is 26.4 Å². The van der Waals surface area contributed by atoms with E-state index in [2.05, 4.69) is 16.0 Å². The number of nitrogens with zero attached hydrogens (tertiary/aromatic N) is 2. The molecule has 0 spiro atoms. The Bertz CT molecular complexity index is 933. The van der Waals surface area contributed by atoms with Crippen LogP contribution in [0.3, 0.4) is 0 Å². The quantitative estimate of drug-likeness (QED) is 0.155. The molecule has 1 saturated heterocycles. The number of nitrogens with one attached hydrogen (secondary N) is 3. The van der Waals surface area contributed by atoms with Crippen molar-refractivity contribution in [3.05, 3.63) is 39.9 Å². The average molecular weight is 535 g/mol. The number of carboxylic acid groups (broad SMARTS) is 1. The highest BCUT2D eigenvalue weighted by molar-refractivity contribution is 7.74. The predicted molar refractivity (Wildman–Crippen MR) is 132 cm³/mol. The van der Waals surface area contributed by atoms with E-state index >= 15 is 0 Å². The molecule has 13 nitrogen and oxygen atoms in total. The fourth-order valence-corrected chi connectivity index (χ4v) is 8.99. The number of nitro benzene ring substituents is 1. The van der Waals surface area contributed by atoms with Crippen LogP contribution in [0.15, 0.2) is 24.3 Å². The van der Waals surface area contributed by atoms with Crippen molar-refractivity contribution in [3.8, 4) is 0 Å². The first kappa shape index (κ1) is 29.5. The maximum absolute atomic E-state index is 12.9. The number of hydrogen-bond acceptors (Lipinski definition) is 9. The number of benzene rings is 1. The number of hydrogen-bond donors (Lipinski definition) is 6. The monoisotopic (exact) mass is 535 g/mol. The average Bonchev–Trinajstić information content (AvgIpc) is 2.75. The largest absolute Gasteiger partial charge is 0.481 e. The maximum atomic E-state index is 12.9. The number of carboxylic acids is 1. The molecule has 15 heteroatoms. The second kappa shape index (κ2) is 14.2. The number of non-ortho nitro benzene ring substituents is 1. The Balaban J connectivity index is 1.96. The van der Waals surface area contributed by atoms with Crippen LogP contribution in [0.25, 0.3) is 0 Å². The van der Waals surface area contributed by atoms with Crippen LogP contribution in [0, 0.1) is 16.0 Å². The maximum Gasteiger partial charge on any atom is 0.309 e. The smallest absolute Gasteiger partial charge is 0.309 e. The van der Waals surface area contributed by atoms with Gasteiger partial charge in [0.25, 0.3) is 5.69 Å². The Morgan fingerprint density at radius 1 is 1.00 bits per heavy atom. The Morgan fingerprint density at radius 3 is 2.26 bits per heavy atom. The van der Waals surface area contributed by atoms with Crippen molar-refractivity contribution in [2.24, 2.45) is 5.92 Å². The highest BCUT2D eigenvalue weighted by Gasteiger charge is 2.33. The molecule has 0 bridgehead atoms. The summed E-state index contributed by atoms with van der Waals surface area (Å²) in [6, 6.07) is 5.17. The van der Waals surface area contributed by atoms with Crippen LogP contribution < -0.4 is 16.0 Å². The van der Waals surface area contributed by atoms with Crippen LogP contribution >= 0.6 is 14.7 Å². The van der Waals surface area contributed by atoms with Crippen LogP contribution in [0.5, 0.6) is 0 Å². The summed E-state index contributed by atoms with van der Waals surface area (Å²) >= 11 is 0. The van der Waals surface area contributed by atoms with E-state index in [4.69, 9.17) is 0 Å². The molecule has 1 fully saturated rings. The van der Waals surface area contributed by atoms with Gasteiger partial charge in [-0.2, -0.15) is 0 Å². The zero-order chi connectivity index (χ0) is 25.9. The third-order valence-corrected chi connectivity index (χ3v) is 10.7. The van der Waals surface area contributed by atoms with Crippen LogP contribution in [-0.2, 0) is 20.1 Å². The molecule has 1 aromatic carbocycles.